The first-order valence-electron chi connectivity index (χ1n) is 4.15. The summed E-state index contributed by atoms with van der Waals surface area (Å²) < 4.78 is 13.1. The summed E-state index contributed by atoms with van der Waals surface area (Å²) in [6.45, 7) is 0. The summed E-state index contributed by atoms with van der Waals surface area (Å²) in [7, 11) is 0. The minimum atomic E-state index is -0.620. The zero-order valence-corrected chi connectivity index (χ0v) is 8.66. The van der Waals surface area contributed by atoms with Crippen molar-refractivity contribution in [3.63, 3.8) is 0 Å². The monoisotopic (exact) mass is 229 g/mol. The van der Waals surface area contributed by atoms with Gasteiger partial charge in [-0.15, -0.1) is 0 Å². The van der Waals surface area contributed by atoms with Crippen molar-refractivity contribution in [2.45, 2.75) is 18.3 Å². The summed E-state index contributed by atoms with van der Waals surface area (Å²) in [5, 5.41) is 8.89. The van der Waals surface area contributed by atoms with E-state index in [-0.39, 0.29) is 10.0 Å². The topological polar surface area (TPSA) is 23.8 Å². The van der Waals surface area contributed by atoms with Crippen molar-refractivity contribution >= 4 is 23.2 Å². The standard InChI is InChI=1S/C10H6Cl2FN/c11-7-3-6(4-8(12)9(7)13)10(5-14)1-2-10/h3-4H,1-2H2. The van der Waals surface area contributed by atoms with Crippen LogP contribution in [0.5, 0.6) is 0 Å². The lowest BCUT2D eigenvalue weighted by atomic mass is 9.98. The smallest absolute Gasteiger partial charge is 0.160 e. The van der Waals surface area contributed by atoms with Crippen molar-refractivity contribution in [3.05, 3.63) is 33.6 Å². The van der Waals surface area contributed by atoms with Crippen molar-refractivity contribution in [1.82, 2.24) is 0 Å². The highest BCUT2D eigenvalue weighted by molar-refractivity contribution is 6.35. The molecule has 72 valence electrons. The van der Waals surface area contributed by atoms with Crippen molar-refractivity contribution in [3.8, 4) is 6.07 Å². The third kappa shape index (κ3) is 1.37. The third-order valence-corrected chi connectivity index (χ3v) is 3.05. The molecule has 1 aromatic carbocycles. The van der Waals surface area contributed by atoms with Gasteiger partial charge in [0, 0.05) is 0 Å². The SMILES string of the molecule is N#CC1(c2cc(Cl)c(F)c(Cl)c2)CC1. The molecular weight excluding hydrogens is 224 g/mol. The van der Waals surface area contributed by atoms with Gasteiger partial charge in [-0.05, 0) is 30.5 Å². The summed E-state index contributed by atoms with van der Waals surface area (Å²) in [6.07, 6.45) is 1.59. The molecule has 0 aliphatic heterocycles. The fourth-order valence-electron chi connectivity index (χ4n) is 1.42. The van der Waals surface area contributed by atoms with Crippen LogP contribution in [0.15, 0.2) is 12.1 Å². The van der Waals surface area contributed by atoms with Crippen molar-refractivity contribution in [1.29, 1.82) is 5.26 Å². The molecule has 0 heterocycles. The quantitative estimate of drug-likeness (QED) is 0.675. The first kappa shape index (κ1) is 9.76. The van der Waals surface area contributed by atoms with E-state index in [1.165, 1.54) is 12.1 Å². The second kappa shape index (κ2) is 3.12. The number of benzene rings is 1. The maximum atomic E-state index is 13.1. The van der Waals surface area contributed by atoms with Gasteiger partial charge in [-0.3, -0.25) is 0 Å². The van der Waals surface area contributed by atoms with Gasteiger partial charge in [0.15, 0.2) is 5.82 Å². The summed E-state index contributed by atoms with van der Waals surface area (Å²) in [4.78, 5) is 0. The lowest BCUT2D eigenvalue weighted by Crippen LogP contribution is -2.03. The van der Waals surface area contributed by atoms with Crippen LogP contribution < -0.4 is 0 Å². The lowest BCUT2D eigenvalue weighted by molar-refractivity contribution is 0.627. The van der Waals surface area contributed by atoms with Gasteiger partial charge in [0.25, 0.3) is 0 Å². The highest BCUT2D eigenvalue weighted by atomic mass is 35.5. The van der Waals surface area contributed by atoms with Crippen LogP contribution in [0.4, 0.5) is 4.39 Å². The van der Waals surface area contributed by atoms with Gasteiger partial charge in [-0.1, -0.05) is 23.2 Å². The molecule has 0 spiro atoms. The molecule has 1 aliphatic carbocycles. The molecule has 0 amide bonds. The minimum Gasteiger partial charge on any atom is -0.204 e. The van der Waals surface area contributed by atoms with Crippen molar-refractivity contribution < 1.29 is 4.39 Å². The molecule has 1 aliphatic rings. The van der Waals surface area contributed by atoms with Crippen LogP contribution in [0.25, 0.3) is 0 Å². The summed E-state index contributed by atoms with van der Waals surface area (Å²) in [6, 6.07) is 5.17. The summed E-state index contributed by atoms with van der Waals surface area (Å²) >= 11 is 11.3. The Morgan fingerprint density at radius 2 is 1.79 bits per heavy atom. The maximum absolute atomic E-state index is 13.1. The molecular formula is C10H6Cl2FN. The van der Waals surface area contributed by atoms with Gasteiger partial charge in [0.2, 0.25) is 0 Å². The molecule has 0 atom stereocenters. The predicted molar refractivity (Wildman–Crippen MR) is 52.9 cm³/mol. The average molecular weight is 230 g/mol. The molecule has 1 fully saturated rings. The Morgan fingerprint density at radius 1 is 1.29 bits per heavy atom. The molecule has 4 heteroatoms. The first-order chi connectivity index (χ1) is 6.59. The molecule has 2 rings (SSSR count). The molecule has 0 unspecified atom stereocenters. The van der Waals surface area contributed by atoms with E-state index in [2.05, 4.69) is 6.07 Å². The molecule has 0 aromatic heterocycles. The van der Waals surface area contributed by atoms with Crippen molar-refractivity contribution in [2.75, 3.05) is 0 Å². The summed E-state index contributed by atoms with van der Waals surface area (Å²) in [5.74, 6) is -0.620. The van der Waals surface area contributed by atoms with E-state index < -0.39 is 11.2 Å². The Morgan fingerprint density at radius 3 is 2.14 bits per heavy atom. The molecule has 1 nitrogen and oxygen atoms in total. The number of halogens is 3. The Hall–Kier alpha value is -0.780. The number of rotatable bonds is 1. The number of hydrogen-bond acceptors (Lipinski definition) is 1. The summed E-state index contributed by atoms with van der Waals surface area (Å²) in [5.41, 5.74) is 0.248. The largest absolute Gasteiger partial charge is 0.204 e. The van der Waals surface area contributed by atoms with Gasteiger partial charge >= 0.3 is 0 Å². The molecule has 0 N–H and O–H groups in total. The molecule has 14 heavy (non-hydrogen) atoms. The van der Waals surface area contributed by atoms with Gasteiger partial charge in [0.05, 0.1) is 21.5 Å². The lowest BCUT2D eigenvalue weighted by Gasteiger charge is -2.07. The highest BCUT2D eigenvalue weighted by Gasteiger charge is 2.45. The average Bonchev–Trinajstić information content (AvgIpc) is 2.94. The fourth-order valence-corrected chi connectivity index (χ4v) is 1.91. The van der Waals surface area contributed by atoms with E-state index in [1.807, 2.05) is 0 Å². The molecule has 0 saturated heterocycles. The van der Waals surface area contributed by atoms with E-state index in [0.717, 1.165) is 18.4 Å². The van der Waals surface area contributed by atoms with Crippen molar-refractivity contribution in [2.24, 2.45) is 0 Å². The Labute approximate surface area is 91.0 Å². The number of nitrogens with zero attached hydrogens (tertiary/aromatic N) is 1. The normalized spacial score (nSPS) is 17.6. The Balaban J connectivity index is 2.53. The van der Waals surface area contributed by atoms with Crippen LogP contribution in [0.1, 0.15) is 18.4 Å². The van der Waals surface area contributed by atoms with E-state index >= 15 is 0 Å². The zero-order valence-electron chi connectivity index (χ0n) is 7.15. The number of hydrogen-bond donors (Lipinski definition) is 0. The van der Waals surface area contributed by atoms with Gasteiger partial charge in [-0.2, -0.15) is 5.26 Å². The minimum absolute atomic E-state index is 0.0194. The fraction of sp³-hybridized carbons (Fsp3) is 0.300. The predicted octanol–water partition coefficient (Wildman–Crippen LogP) is 3.69. The maximum Gasteiger partial charge on any atom is 0.160 e. The van der Waals surface area contributed by atoms with Gasteiger partial charge < -0.3 is 0 Å². The second-order valence-corrected chi connectivity index (χ2v) is 4.26. The van der Waals surface area contributed by atoms with Gasteiger partial charge in [0.1, 0.15) is 0 Å². The van der Waals surface area contributed by atoms with E-state index in [9.17, 15) is 4.39 Å². The van der Waals surface area contributed by atoms with Crippen LogP contribution in [-0.4, -0.2) is 0 Å². The zero-order chi connectivity index (χ0) is 10.3. The molecule has 1 saturated carbocycles. The van der Waals surface area contributed by atoms with Gasteiger partial charge in [-0.25, -0.2) is 4.39 Å². The van der Waals surface area contributed by atoms with Crippen LogP contribution in [0, 0.1) is 17.1 Å². The Kier molecular flexibility index (Phi) is 2.17. The first-order valence-corrected chi connectivity index (χ1v) is 4.91. The van der Waals surface area contributed by atoms with Crippen LogP contribution in [-0.2, 0) is 5.41 Å². The van der Waals surface area contributed by atoms with E-state index in [4.69, 9.17) is 28.5 Å². The molecule has 1 aromatic rings. The molecule has 0 radical (unpaired) electrons. The van der Waals surface area contributed by atoms with Crippen LogP contribution in [0.2, 0.25) is 10.0 Å². The second-order valence-electron chi connectivity index (χ2n) is 3.45. The van der Waals surface area contributed by atoms with E-state index in [1.54, 1.807) is 0 Å². The van der Waals surface area contributed by atoms with E-state index in [0.29, 0.717) is 0 Å². The molecule has 0 bridgehead atoms. The number of nitriles is 1. The van der Waals surface area contributed by atoms with Crippen LogP contribution >= 0.6 is 23.2 Å². The third-order valence-electron chi connectivity index (χ3n) is 2.50. The highest BCUT2D eigenvalue weighted by Crippen LogP contribution is 2.48. The van der Waals surface area contributed by atoms with Crippen LogP contribution in [0.3, 0.4) is 0 Å². The Bertz CT molecular complexity index is 409.